The van der Waals surface area contributed by atoms with Crippen LogP contribution in [-0.4, -0.2) is 36.5 Å². The van der Waals surface area contributed by atoms with Crippen molar-refractivity contribution in [2.24, 2.45) is 0 Å². The van der Waals surface area contributed by atoms with Gasteiger partial charge in [-0.05, 0) is 24.5 Å². The van der Waals surface area contributed by atoms with Crippen LogP contribution in [0.1, 0.15) is 31.4 Å². The van der Waals surface area contributed by atoms with E-state index in [4.69, 9.17) is 0 Å². The van der Waals surface area contributed by atoms with Gasteiger partial charge in [0.05, 0.1) is 7.11 Å². The van der Waals surface area contributed by atoms with Crippen LogP contribution in [-0.2, 0) is 26.3 Å². The molecule has 1 N–H and O–H groups in total. The number of hydrogen-bond donors (Lipinski definition) is 1. The lowest BCUT2D eigenvalue weighted by Crippen LogP contribution is -2.41. The molecule has 1 saturated heterocycles. The first kappa shape index (κ1) is 16.0. The zero-order valence-electron chi connectivity index (χ0n) is 13.0. The van der Waals surface area contributed by atoms with Crippen molar-refractivity contribution < 1.29 is 19.1 Å². The Morgan fingerprint density at radius 1 is 1.27 bits per heavy atom. The summed E-state index contributed by atoms with van der Waals surface area (Å²) in [5.41, 5.74) is 0.715. The number of rotatable bonds is 5. The van der Waals surface area contributed by atoms with Crippen molar-refractivity contribution in [2.45, 2.75) is 32.2 Å². The average Bonchev–Trinajstić information content (AvgIpc) is 2.72. The van der Waals surface area contributed by atoms with Crippen molar-refractivity contribution >= 4 is 17.9 Å². The third-order valence-electron chi connectivity index (χ3n) is 3.86. The standard InChI is InChI=1S/C16H20N2O4/c1-4-5-11-6-8-12(9-7-11)16(2)14(20)18(15(21)17-16)10-13(19)22-3/h6-9H,4-5,10H2,1-3H3,(H,17,21). The molecule has 0 aliphatic carbocycles. The molecule has 118 valence electrons. The van der Waals surface area contributed by atoms with Crippen molar-refractivity contribution in [1.82, 2.24) is 10.2 Å². The van der Waals surface area contributed by atoms with Gasteiger partial charge in [-0.25, -0.2) is 4.79 Å². The molecule has 0 aromatic heterocycles. The molecule has 1 aromatic rings. The Labute approximate surface area is 129 Å². The van der Waals surface area contributed by atoms with Crippen LogP contribution in [0, 0.1) is 0 Å². The smallest absolute Gasteiger partial charge is 0.325 e. The second-order valence-corrected chi connectivity index (χ2v) is 5.47. The van der Waals surface area contributed by atoms with Crippen LogP contribution in [0.2, 0.25) is 0 Å². The number of imide groups is 1. The van der Waals surface area contributed by atoms with Crippen LogP contribution in [0.5, 0.6) is 0 Å². The number of nitrogens with one attached hydrogen (secondary N) is 1. The minimum Gasteiger partial charge on any atom is -0.468 e. The Kier molecular flexibility index (Phi) is 4.49. The molecule has 1 fully saturated rings. The lowest BCUT2D eigenvalue weighted by molar-refractivity contribution is -0.145. The number of nitrogens with zero attached hydrogens (tertiary/aromatic N) is 1. The number of hydrogen-bond acceptors (Lipinski definition) is 4. The van der Waals surface area contributed by atoms with E-state index < -0.39 is 23.4 Å². The van der Waals surface area contributed by atoms with Gasteiger partial charge in [-0.15, -0.1) is 0 Å². The number of amides is 3. The second-order valence-electron chi connectivity index (χ2n) is 5.47. The van der Waals surface area contributed by atoms with Crippen LogP contribution in [0.15, 0.2) is 24.3 Å². The molecule has 1 unspecified atom stereocenters. The third-order valence-corrected chi connectivity index (χ3v) is 3.86. The summed E-state index contributed by atoms with van der Waals surface area (Å²) in [6.07, 6.45) is 2.00. The molecular formula is C16H20N2O4. The SMILES string of the molecule is CCCc1ccc(C2(C)NC(=O)N(CC(=O)OC)C2=O)cc1. The summed E-state index contributed by atoms with van der Waals surface area (Å²) in [5, 5.41) is 2.66. The van der Waals surface area contributed by atoms with E-state index in [1.807, 2.05) is 24.3 Å². The van der Waals surface area contributed by atoms with Gasteiger partial charge in [0.15, 0.2) is 0 Å². The van der Waals surface area contributed by atoms with Crippen LogP contribution in [0.3, 0.4) is 0 Å². The summed E-state index contributed by atoms with van der Waals surface area (Å²) in [7, 11) is 1.21. The Hall–Kier alpha value is -2.37. The van der Waals surface area contributed by atoms with Gasteiger partial charge >= 0.3 is 12.0 Å². The third kappa shape index (κ3) is 2.81. The molecular weight excluding hydrogens is 284 g/mol. The summed E-state index contributed by atoms with van der Waals surface area (Å²) >= 11 is 0. The molecule has 22 heavy (non-hydrogen) atoms. The van der Waals surface area contributed by atoms with E-state index >= 15 is 0 Å². The summed E-state index contributed by atoms with van der Waals surface area (Å²) in [5.74, 6) is -1.09. The highest BCUT2D eigenvalue weighted by Crippen LogP contribution is 2.29. The van der Waals surface area contributed by atoms with Crippen LogP contribution in [0.25, 0.3) is 0 Å². The normalized spacial score (nSPS) is 21.0. The number of ether oxygens (including phenoxy) is 1. The highest BCUT2D eigenvalue weighted by atomic mass is 16.5. The molecule has 6 nitrogen and oxygen atoms in total. The Morgan fingerprint density at radius 2 is 1.91 bits per heavy atom. The number of carbonyl (C=O) groups excluding carboxylic acids is 3. The van der Waals surface area contributed by atoms with Crippen LogP contribution < -0.4 is 5.32 Å². The molecule has 0 radical (unpaired) electrons. The van der Waals surface area contributed by atoms with E-state index in [9.17, 15) is 14.4 Å². The maximum absolute atomic E-state index is 12.5. The first-order chi connectivity index (χ1) is 10.4. The van der Waals surface area contributed by atoms with Gasteiger partial charge in [-0.1, -0.05) is 37.6 Å². The summed E-state index contributed by atoms with van der Waals surface area (Å²) in [6, 6.07) is 6.99. The topological polar surface area (TPSA) is 75.7 Å². The molecule has 1 atom stereocenters. The zero-order chi connectivity index (χ0) is 16.3. The largest absolute Gasteiger partial charge is 0.468 e. The van der Waals surface area contributed by atoms with Gasteiger partial charge < -0.3 is 10.1 Å². The second kappa shape index (κ2) is 6.17. The molecule has 0 spiro atoms. The molecule has 2 rings (SSSR count). The van der Waals surface area contributed by atoms with Crippen molar-refractivity contribution in [2.75, 3.05) is 13.7 Å². The van der Waals surface area contributed by atoms with Crippen LogP contribution >= 0.6 is 0 Å². The van der Waals surface area contributed by atoms with Crippen molar-refractivity contribution in [1.29, 1.82) is 0 Å². The minimum absolute atomic E-state index is 0.384. The molecule has 6 heteroatoms. The van der Waals surface area contributed by atoms with E-state index in [0.717, 1.165) is 17.7 Å². The number of methoxy groups -OCH3 is 1. The molecule has 1 aliphatic heterocycles. The number of urea groups is 1. The van der Waals surface area contributed by atoms with E-state index in [-0.39, 0.29) is 6.54 Å². The van der Waals surface area contributed by atoms with Crippen molar-refractivity contribution in [3.05, 3.63) is 35.4 Å². The van der Waals surface area contributed by atoms with Gasteiger partial charge in [0.2, 0.25) is 0 Å². The van der Waals surface area contributed by atoms with Gasteiger partial charge in [-0.2, -0.15) is 0 Å². The predicted octanol–water partition coefficient (Wildman–Crippen LogP) is 1.58. The fourth-order valence-corrected chi connectivity index (χ4v) is 2.52. The van der Waals surface area contributed by atoms with Gasteiger partial charge in [0.25, 0.3) is 5.91 Å². The predicted molar refractivity (Wildman–Crippen MR) is 80.0 cm³/mol. The van der Waals surface area contributed by atoms with Crippen molar-refractivity contribution in [3.63, 3.8) is 0 Å². The molecule has 1 aromatic carbocycles. The summed E-state index contributed by atoms with van der Waals surface area (Å²) < 4.78 is 4.51. The Balaban J connectivity index is 2.24. The average molecular weight is 304 g/mol. The molecule has 3 amide bonds. The molecule has 1 heterocycles. The maximum Gasteiger partial charge on any atom is 0.325 e. The number of esters is 1. The summed E-state index contributed by atoms with van der Waals surface area (Å²) in [4.78, 5) is 36.7. The lowest BCUT2D eigenvalue weighted by Gasteiger charge is -2.22. The fourth-order valence-electron chi connectivity index (χ4n) is 2.52. The maximum atomic E-state index is 12.5. The highest BCUT2D eigenvalue weighted by Gasteiger charge is 2.49. The monoisotopic (exact) mass is 304 g/mol. The van der Waals surface area contributed by atoms with Gasteiger partial charge in [0, 0.05) is 0 Å². The van der Waals surface area contributed by atoms with E-state index in [1.54, 1.807) is 6.92 Å². The Morgan fingerprint density at radius 3 is 2.45 bits per heavy atom. The lowest BCUT2D eigenvalue weighted by atomic mass is 9.91. The zero-order valence-corrected chi connectivity index (χ0v) is 13.0. The molecule has 0 saturated carbocycles. The molecule has 1 aliphatic rings. The van der Waals surface area contributed by atoms with E-state index in [1.165, 1.54) is 12.7 Å². The van der Waals surface area contributed by atoms with E-state index in [2.05, 4.69) is 17.0 Å². The summed E-state index contributed by atoms with van der Waals surface area (Å²) in [6.45, 7) is 3.35. The highest BCUT2D eigenvalue weighted by molar-refractivity contribution is 6.08. The van der Waals surface area contributed by atoms with E-state index in [0.29, 0.717) is 5.56 Å². The first-order valence-electron chi connectivity index (χ1n) is 7.22. The Bertz CT molecular complexity index is 597. The number of carbonyl (C=O) groups is 3. The quantitative estimate of drug-likeness (QED) is 0.662. The van der Waals surface area contributed by atoms with Gasteiger partial charge in [-0.3, -0.25) is 14.5 Å². The van der Waals surface area contributed by atoms with Gasteiger partial charge in [0.1, 0.15) is 12.1 Å². The van der Waals surface area contributed by atoms with Crippen molar-refractivity contribution in [3.8, 4) is 0 Å². The first-order valence-corrected chi connectivity index (χ1v) is 7.22. The molecule has 0 bridgehead atoms. The fraction of sp³-hybridized carbons (Fsp3) is 0.438. The minimum atomic E-state index is -1.16. The number of benzene rings is 1. The van der Waals surface area contributed by atoms with Crippen LogP contribution in [0.4, 0.5) is 4.79 Å². The number of aryl methyl sites for hydroxylation is 1.